The minimum Gasteiger partial charge on any atom is -0.363 e. The molecular formula is C18H19Cl2F3N4O. The van der Waals surface area contributed by atoms with Crippen molar-refractivity contribution in [2.75, 3.05) is 11.9 Å². The highest BCUT2D eigenvalue weighted by Gasteiger charge is 2.46. The normalized spacial score (nSPS) is 19.1. The molecule has 0 bridgehead atoms. The van der Waals surface area contributed by atoms with Crippen LogP contribution in [0.3, 0.4) is 0 Å². The minimum absolute atomic E-state index is 0.0531. The van der Waals surface area contributed by atoms with Crippen LogP contribution in [0.5, 0.6) is 0 Å². The van der Waals surface area contributed by atoms with Crippen molar-refractivity contribution in [2.24, 2.45) is 0 Å². The van der Waals surface area contributed by atoms with Crippen LogP contribution in [-0.2, 0) is 0 Å². The van der Waals surface area contributed by atoms with Crippen molar-refractivity contribution in [2.45, 2.75) is 44.4 Å². The van der Waals surface area contributed by atoms with Crippen molar-refractivity contribution in [1.82, 2.24) is 15.1 Å². The van der Waals surface area contributed by atoms with E-state index in [0.717, 1.165) is 17.5 Å². The Hall–Kier alpha value is -1.93. The number of alkyl halides is 3. The molecule has 0 saturated carbocycles. The first-order chi connectivity index (χ1) is 13.2. The van der Waals surface area contributed by atoms with Crippen LogP contribution < -0.4 is 10.6 Å². The number of unbranched alkanes of at least 4 members (excludes halogenated alkanes) is 1. The fourth-order valence-electron chi connectivity index (χ4n) is 3.10. The molecule has 0 saturated heterocycles. The molecule has 0 fully saturated rings. The Morgan fingerprint density at radius 2 is 2.07 bits per heavy atom. The van der Waals surface area contributed by atoms with E-state index in [1.54, 1.807) is 18.2 Å². The van der Waals surface area contributed by atoms with Crippen molar-refractivity contribution >= 4 is 34.9 Å². The highest BCUT2D eigenvalue weighted by Crippen LogP contribution is 2.44. The molecule has 2 N–H and O–H groups in total. The number of amides is 1. The standard InChI is InChI=1S/C18H19Cl2F3N4O/c1-2-3-6-24-17(28)14-9-16-25-13(10-4-5-11(19)12(20)7-10)8-15(18(21,22)23)27(16)26-14/h4-5,7,9,13,15,25H,2-3,6,8H2,1H3,(H,24,28)/t13-,15+/m0/s1. The molecule has 0 unspecified atom stereocenters. The predicted octanol–water partition coefficient (Wildman–Crippen LogP) is 5.38. The Labute approximate surface area is 170 Å². The fourth-order valence-corrected chi connectivity index (χ4v) is 3.41. The molecule has 2 atom stereocenters. The second-order valence-electron chi connectivity index (χ2n) is 6.63. The van der Waals surface area contributed by atoms with Gasteiger partial charge >= 0.3 is 6.18 Å². The molecule has 1 aliphatic heterocycles. The quantitative estimate of drug-likeness (QED) is 0.620. The Bertz CT molecular complexity index is 869. The van der Waals surface area contributed by atoms with Crippen LogP contribution in [0.4, 0.5) is 19.0 Å². The number of fused-ring (bicyclic) bond motifs is 1. The molecule has 1 aromatic carbocycles. The summed E-state index contributed by atoms with van der Waals surface area (Å²) in [6, 6.07) is 3.54. The number of anilines is 1. The average Bonchev–Trinajstić information content (AvgIpc) is 3.06. The van der Waals surface area contributed by atoms with Crippen LogP contribution in [0.1, 0.15) is 54.3 Å². The number of halogens is 5. The molecule has 28 heavy (non-hydrogen) atoms. The van der Waals surface area contributed by atoms with E-state index in [1.165, 1.54) is 6.07 Å². The maximum Gasteiger partial charge on any atom is 0.410 e. The number of hydrogen-bond donors (Lipinski definition) is 2. The smallest absolute Gasteiger partial charge is 0.363 e. The van der Waals surface area contributed by atoms with E-state index in [1.807, 2.05) is 6.92 Å². The van der Waals surface area contributed by atoms with E-state index >= 15 is 0 Å². The zero-order chi connectivity index (χ0) is 20.5. The molecule has 1 amide bonds. The lowest BCUT2D eigenvalue weighted by Crippen LogP contribution is -2.35. The lowest BCUT2D eigenvalue weighted by Gasteiger charge is -2.33. The zero-order valence-electron chi connectivity index (χ0n) is 15.0. The van der Waals surface area contributed by atoms with Crippen LogP contribution in [0, 0.1) is 0 Å². The molecule has 0 aliphatic carbocycles. The first-order valence-corrected chi connectivity index (χ1v) is 9.62. The highest BCUT2D eigenvalue weighted by atomic mass is 35.5. The van der Waals surface area contributed by atoms with Crippen LogP contribution in [0.2, 0.25) is 10.0 Å². The van der Waals surface area contributed by atoms with Gasteiger partial charge in [0.2, 0.25) is 0 Å². The summed E-state index contributed by atoms with van der Waals surface area (Å²) in [7, 11) is 0. The van der Waals surface area contributed by atoms with Crippen LogP contribution in [0.15, 0.2) is 24.3 Å². The van der Waals surface area contributed by atoms with Gasteiger partial charge in [-0.1, -0.05) is 42.6 Å². The molecular weight excluding hydrogens is 416 g/mol. The molecule has 3 rings (SSSR count). The summed E-state index contributed by atoms with van der Waals surface area (Å²) >= 11 is 11.9. The molecule has 0 radical (unpaired) electrons. The first-order valence-electron chi connectivity index (χ1n) is 8.86. The number of nitrogens with zero attached hydrogens (tertiary/aromatic N) is 2. The minimum atomic E-state index is -4.52. The third-order valence-corrected chi connectivity index (χ3v) is 5.32. The van der Waals surface area contributed by atoms with Gasteiger partial charge in [0.1, 0.15) is 5.82 Å². The monoisotopic (exact) mass is 434 g/mol. The number of carbonyl (C=O) groups excluding carboxylic acids is 1. The Morgan fingerprint density at radius 3 is 2.71 bits per heavy atom. The van der Waals surface area contributed by atoms with E-state index in [-0.39, 0.29) is 23.0 Å². The molecule has 10 heteroatoms. The second-order valence-corrected chi connectivity index (χ2v) is 7.45. The van der Waals surface area contributed by atoms with Gasteiger partial charge in [-0.2, -0.15) is 18.3 Å². The SMILES string of the molecule is CCCCNC(=O)c1cc2n(n1)[C@@H](C(F)(F)F)C[C@@H](c1ccc(Cl)c(Cl)c1)N2. The highest BCUT2D eigenvalue weighted by molar-refractivity contribution is 6.42. The number of aromatic nitrogens is 2. The lowest BCUT2D eigenvalue weighted by atomic mass is 9.97. The van der Waals surface area contributed by atoms with E-state index in [0.29, 0.717) is 17.1 Å². The summed E-state index contributed by atoms with van der Waals surface area (Å²) in [5, 5.41) is 10.2. The van der Waals surface area contributed by atoms with Gasteiger partial charge in [-0.25, -0.2) is 4.68 Å². The van der Waals surface area contributed by atoms with Gasteiger partial charge in [-0.3, -0.25) is 4.79 Å². The van der Waals surface area contributed by atoms with E-state index in [2.05, 4.69) is 15.7 Å². The molecule has 2 heterocycles. The number of hydrogen-bond acceptors (Lipinski definition) is 3. The van der Waals surface area contributed by atoms with Gasteiger partial charge in [0.25, 0.3) is 5.91 Å². The number of rotatable bonds is 5. The van der Waals surface area contributed by atoms with Gasteiger partial charge < -0.3 is 10.6 Å². The maximum absolute atomic E-state index is 13.7. The first kappa shape index (κ1) is 20.8. The summed E-state index contributed by atoms with van der Waals surface area (Å²) in [4.78, 5) is 12.2. The van der Waals surface area contributed by atoms with Crippen LogP contribution in [-0.4, -0.2) is 28.4 Å². The summed E-state index contributed by atoms with van der Waals surface area (Å²) in [5.41, 5.74) is 0.521. The molecule has 2 aromatic rings. The van der Waals surface area contributed by atoms with Gasteiger partial charge in [0.15, 0.2) is 11.7 Å². The maximum atomic E-state index is 13.7. The zero-order valence-corrected chi connectivity index (χ0v) is 16.5. The fraction of sp³-hybridized carbons (Fsp3) is 0.444. The van der Waals surface area contributed by atoms with Crippen molar-refractivity contribution in [3.63, 3.8) is 0 Å². The Morgan fingerprint density at radius 1 is 1.32 bits per heavy atom. The largest absolute Gasteiger partial charge is 0.410 e. The molecule has 1 aromatic heterocycles. The predicted molar refractivity (Wildman–Crippen MR) is 102 cm³/mol. The topological polar surface area (TPSA) is 59.0 Å². The number of carbonyl (C=O) groups is 1. The van der Waals surface area contributed by atoms with Crippen molar-refractivity contribution in [3.05, 3.63) is 45.6 Å². The van der Waals surface area contributed by atoms with Crippen molar-refractivity contribution in [1.29, 1.82) is 0 Å². The summed E-state index contributed by atoms with van der Waals surface area (Å²) in [5.74, 6) is -0.366. The average molecular weight is 435 g/mol. The molecule has 5 nitrogen and oxygen atoms in total. The van der Waals surface area contributed by atoms with E-state index in [4.69, 9.17) is 23.2 Å². The summed E-state index contributed by atoms with van der Waals surface area (Å²) < 4.78 is 41.9. The van der Waals surface area contributed by atoms with E-state index < -0.39 is 24.2 Å². The molecule has 0 spiro atoms. The Balaban J connectivity index is 1.91. The van der Waals surface area contributed by atoms with Crippen molar-refractivity contribution in [3.8, 4) is 0 Å². The molecule has 1 aliphatic rings. The second kappa shape index (κ2) is 8.21. The van der Waals surface area contributed by atoms with Crippen LogP contribution in [0.25, 0.3) is 0 Å². The van der Waals surface area contributed by atoms with Crippen LogP contribution >= 0.6 is 23.2 Å². The lowest BCUT2D eigenvalue weighted by molar-refractivity contribution is -0.173. The van der Waals surface area contributed by atoms with Gasteiger partial charge in [-0.05, 0) is 24.1 Å². The van der Waals surface area contributed by atoms with Gasteiger partial charge in [0.05, 0.1) is 16.1 Å². The third kappa shape index (κ3) is 4.38. The molecule has 152 valence electrons. The summed E-state index contributed by atoms with van der Waals surface area (Å²) in [6.07, 6.45) is -3.13. The van der Waals surface area contributed by atoms with Crippen molar-refractivity contribution < 1.29 is 18.0 Å². The van der Waals surface area contributed by atoms with Gasteiger partial charge in [0, 0.05) is 19.0 Å². The third-order valence-electron chi connectivity index (χ3n) is 4.58. The van der Waals surface area contributed by atoms with E-state index in [9.17, 15) is 18.0 Å². The Kier molecular flexibility index (Phi) is 6.09. The summed E-state index contributed by atoms with van der Waals surface area (Å²) in [6.45, 7) is 2.42. The van der Waals surface area contributed by atoms with Gasteiger partial charge in [-0.15, -0.1) is 0 Å². The number of nitrogens with one attached hydrogen (secondary N) is 2. The number of benzene rings is 1.